The summed E-state index contributed by atoms with van der Waals surface area (Å²) in [6, 6.07) is 8.12. The van der Waals surface area contributed by atoms with Crippen molar-refractivity contribution in [3.8, 4) is 6.07 Å². The number of nitriles is 1. The van der Waals surface area contributed by atoms with E-state index < -0.39 is 0 Å². The van der Waals surface area contributed by atoms with Gasteiger partial charge in [-0.2, -0.15) is 5.26 Å². The molecule has 1 unspecified atom stereocenters. The summed E-state index contributed by atoms with van der Waals surface area (Å²) >= 11 is 0. The summed E-state index contributed by atoms with van der Waals surface area (Å²) in [6.07, 6.45) is 0. The highest BCUT2D eigenvalue weighted by atomic mass is 31.0. The van der Waals surface area contributed by atoms with Crippen molar-refractivity contribution in [2.75, 3.05) is 0 Å². The quantitative estimate of drug-likeness (QED) is 0.562. The van der Waals surface area contributed by atoms with Crippen LogP contribution in [0.4, 0.5) is 0 Å². The average Bonchev–Trinajstić information content (AvgIpc) is 2.44. The van der Waals surface area contributed by atoms with Crippen LogP contribution in [0.5, 0.6) is 0 Å². The molecule has 1 aromatic rings. The van der Waals surface area contributed by atoms with Gasteiger partial charge in [0.15, 0.2) is 0 Å². The Bertz CT molecular complexity index is 354. The zero-order valence-corrected chi connectivity index (χ0v) is 7.77. The van der Waals surface area contributed by atoms with Crippen LogP contribution in [0.15, 0.2) is 18.2 Å². The van der Waals surface area contributed by atoms with Gasteiger partial charge in [0.25, 0.3) is 0 Å². The number of hydrogen-bond donors (Lipinski definition) is 0. The Labute approximate surface area is 74.1 Å². The van der Waals surface area contributed by atoms with Gasteiger partial charge in [0.05, 0.1) is 11.6 Å². The summed E-state index contributed by atoms with van der Waals surface area (Å²) in [5.41, 5.74) is 3.29. The first-order valence-corrected chi connectivity index (χ1v) is 4.33. The molecule has 0 aliphatic carbocycles. The second-order valence-electron chi connectivity index (χ2n) is 2.96. The molecule has 1 aromatic carbocycles. The third-order valence-electron chi connectivity index (χ3n) is 2.13. The number of benzene rings is 1. The van der Waals surface area contributed by atoms with Crippen LogP contribution in [0.3, 0.4) is 0 Å². The number of fused-ring (bicyclic) bond motifs is 1. The van der Waals surface area contributed by atoms with Crippen LogP contribution in [0, 0.1) is 11.3 Å². The summed E-state index contributed by atoms with van der Waals surface area (Å²) in [5, 5.41) is 8.81. The van der Waals surface area contributed by atoms with Crippen LogP contribution < -0.4 is 0 Å². The fourth-order valence-electron chi connectivity index (χ4n) is 1.55. The zero-order valence-electron chi connectivity index (χ0n) is 6.62. The van der Waals surface area contributed by atoms with E-state index >= 15 is 0 Å². The van der Waals surface area contributed by atoms with Crippen LogP contribution in [0.2, 0.25) is 0 Å². The minimum absolute atomic E-state index is 0.817. The Morgan fingerprint density at radius 2 is 2.25 bits per heavy atom. The molecule has 12 heavy (non-hydrogen) atoms. The highest BCUT2D eigenvalue weighted by molar-refractivity contribution is 7.13. The van der Waals surface area contributed by atoms with Gasteiger partial charge in [-0.1, -0.05) is 21.5 Å². The first-order chi connectivity index (χ1) is 5.81. The minimum atomic E-state index is 0.817. The Hall–Kier alpha value is -0.900. The molecule has 2 nitrogen and oxygen atoms in total. The van der Waals surface area contributed by atoms with Gasteiger partial charge in [0.1, 0.15) is 0 Å². The highest BCUT2D eigenvalue weighted by Gasteiger charge is 2.17. The minimum Gasteiger partial charge on any atom is -0.279 e. The lowest BCUT2D eigenvalue weighted by molar-refractivity contribution is 0.508. The molecule has 0 saturated heterocycles. The summed E-state index contributed by atoms with van der Waals surface area (Å²) in [7, 11) is 2.66. The first-order valence-electron chi connectivity index (χ1n) is 3.82. The van der Waals surface area contributed by atoms with Crippen molar-refractivity contribution >= 4 is 9.39 Å². The highest BCUT2D eigenvalue weighted by Crippen LogP contribution is 2.27. The summed E-state index contributed by atoms with van der Waals surface area (Å²) in [6.45, 7) is 1.82. The van der Waals surface area contributed by atoms with E-state index in [4.69, 9.17) is 5.26 Å². The Morgan fingerprint density at radius 1 is 1.42 bits per heavy atom. The van der Waals surface area contributed by atoms with E-state index in [0.29, 0.717) is 0 Å². The van der Waals surface area contributed by atoms with Gasteiger partial charge in [-0.3, -0.25) is 4.67 Å². The number of hydrogen-bond acceptors (Lipinski definition) is 2. The lowest BCUT2D eigenvalue weighted by Gasteiger charge is -2.02. The lowest BCUT2D eigenvalue weighted by atomic mass is 10.1. The third-order valence-corrected chi connectivity index (χ3v) is 2.49. The molecule has 0 radical (unpaired) electrons. The normalized spacial score (nSPS) is 15.7. The van der Waals surface area contributed by atoms with E-state index in [9.17, 15) is 0 Å². The molecule has 1 heterocycles. The molecule has 0 saturated carbocycles. The molecule has 0 N–H and O–H groups in total. The largest absolute Gasteiger partial charge is 0.279 e. The van der Waals surface area contributed by atoms with Crippen LogP contribution in [0.1, 0.15) is 16.7 Å². The van der Waals surface area contributed by atoms with E-state index in [1.54, 1.807) is 0 Å². The Balaban J connectivity index is 2.53. The summed E-state index contributed by atoms with van der Waals surface area (Å²) < 4.78 is 2.13. The van der Waals surface area contributed by atoms with Gasteiger partial charge >= 0.3 is 0 Å². The van der Waals surface area contributed by atoms with Crippen molar-refractivity contribution in [3.05, 3.63) is 34.9 Å². The van der Waals surface area contributed by atoms with Crippen LogP contribution in [0.25, 0.3) is 0 Å². The maximum Gasteiger partial charge on any atom is 0.0995 e. The van der Waals surface area contributed by atoms with Gasteiger partial charge < -0.3 is 0 Å². The molecule has 0 bridgehead atoms. The monoisotopic (exact) mass is 176 g/mol. The number of rotatable bonds is 0. The lowest BCUT2D eigenvalue weighted by Crippen LogP contribution is -1.98. The second-order valence-corrected chi connectivity index (χ2v) is 3.69. The molecule has 1 aliphatic heterocycles. The van der Waals surface area contributed by atoms with Crippen LogP contribution in [-0.4, -0.2) is 4.67 Å². The standard InChI is InChI=1S/C9H9N2P/c10-4-7-2-1-3-8-5-11(12)6-9(7)8/h1-3H,5-6,12H2. The zero-order chi connectivity index (χ0) is 8.55. The number of nitrogens with zero attached hydrogens (tertiary/aromatic N) is 2. The predicted molar refractivity (Wildman–Crippen MR) is 50.1 cm³/mol. The predicted octanol–water partition coefficient (Wildman–Crippen LogP) is 1.66. The molecule has 1 atom stereocenters. The van der Waals surface area contributed by atoms with E-state index in [1.807, 2.05) is 12.1 Å². The van der Waals surface area contributed by atoms with E-state index in [2.05, 4.69) is 26.2 Å². The first kappa shape index (κ1) is 7.73. The smallest absolute Gasteiger partial charge is 0.0995 e. The third kappa shape index (κ3) is 1.12. The van der Waals surface area contributed by atoms with E-state index in [0.717, 1.165) is 18.7 Å². The maximum atomic E-state index is 8.81. The van der Waals surface area contributed by atoms with Crippen LogP contribution in [-0.2, 0) is 13.1 Å². The van der Waals surface area contributed by atoms with Gasteiger partial charge in [0.2, 0.25) is 0 Å². The molecule has 60 valence electrons. The topological polar surface area (TPSA) is 27.0 Å². The van der Waals surface area contributed by atoms with E-state index in [-0.39, 0.29) is 0 Å². The van der Waals surface area contributed by atoms with Crippen molar-refractivity contribution in [2.24, 2.45) is 0 Å². The average molecular weight is 176 g/mol. The second kappa shape index (κ2) is 2.86. The van der Waals surface area contributed by atoms with Crippen molar-refractivity contribution in [1.82, 2.24) is 4.67 Å². The van der Waals surface area contributed by atoms with Crippen molar-refractivity contribution < 1.29 is 0 Å². The van der Waals surface area contributed by atoms with Gasteiger partial charge in [-0.15, -0.1) is 0 Å². The molecule has 2 rings (SSSR count). The Kier molecular flexibility index (Phi) is 1.84. The molecule has 1 aliphatic rings. The van der Waals surface area contributed by atoms with Gasteiger partial charge in [-0.05, 0) is 17.2 Å². The maximum absolute atomic E-state index is 8.81. The molecule has 0 amide bonds. The van der Waals surface area contributed by atoms with Crippen molar-refractivity contribution in [2.45, 2.75) is 13.1 Å². The summed E-state index contributed by atoms with van der Waals surface area (Å²) in [4.78, 5) is 0. The molecular formula is C9H9N2P. The van der Waals surface area contributed by atoms with E-state index in [1.165, 1.54) is 11.1 Å². The molecule has 0 aromatic heterocycles. The molecule has 0 fully saturated rings. The van der Waals surface area contributed by atoms with Gasteiger partial charge in [0, 0.05) is 13.1 Å². The van der Waals surface area contributed by atoms with Crippen molar-refractivity contribution in [1.29, 1.82) is 5.26 Å². The summed E-state index contributed by atoms with van der Waals surface area (Å²) in [5.74, 6) is 0. The van der Waals surface area contributed by atoms with Gasteiger partial charge in [-0.25, -0.2) is 0 Å². The fraction of sp³-hybridized carbons (Fsp3) is 0.222. The van der Waals surface area contributed by atoms with Crippen molar-refractivity contribution in [3.63, 3.8) is 0 Å². The molecule has 3 heteroatoms. The molecule has 0 spiro atoms. The molecular weight excluding hydrogens is 167 g/mol. The fourth-order valence-corrected chi connectivity index (χ4v) is 1.93. The SMILES string of the molecule is N#Cc1cccc2c1CN(P)C2. The Morgan fingerprint density at radius 3 is 3.00 bits per heavy atom. The van der Waals surface area contributed by atoms with Crippen LogP contribution >= 0.6 is 9.39 Å².